The highest BCUT2D eigenvalue weighted by Crippen LogP contribution is 2.09. The van der Waals surface area contributed by atoms with Gasteiger partial charge in [0, 0.05) is 0 Å². The van der Waals surface area contributed by atoms with Gasteiger partial charge in [-0.1, -0.05) is 18.2 Å². The number of hydrogen-bond donors (Lipinski definition) is 0. The second-order valence-corrected chi connectivity index (χ2v) is 4.92. The Morgan fingerprint density at radius 3 is 2.38 bits per heavy atom. The second kappa shape index (κ2) is 7.41. The maximum atomic E-state index is 12.9. The third-order valence-corrected chi connectivity index (χ3v) is 3.23. The van der Waals surface area contributed by atoms with E-state index in [0.717, 1.165) is 5.75 Å². The average Bonchev–Trinajstić information content (AvgIpc) is 2.61. The van der Waals surface area contributed by atoms with E-state index < -0.39 is 0 Å². The highest BCUT2D eigenvalue weighted by Gasteiger charge is 2.04. The van der Waals surface area contributed by atoms with Gasteiger partial charge in [-0.2, -0.15) is 0 Å². The van der Waals surface area contributed by atoms with Crippen molar-refractivity contribution in [1.82, 2.24) is 9.55 Å². The van der Waals surface area contributed by atoms with Crippen molar-refractivity contribution in [2.24, 2.45) is 0 Å². The maximum absolute atomic E-state index is 12.9. The third kappa shape index (κ3) is 3.98. The van der Waals surface area contributed by atoms with Gasteiger partial charge in [0.15, 0.2) is 0 Å². The number of para-hydroxylation sites is 1. The van der Waals surface area contributed by atoms with Crippen molar-refractivity contribution in [2.45, 2.75) is 0 Å². The summed E-state index contributed by atoms with van der Waals surface area (Å²) in [4.78, 5) is 16.2. The van der Waals surface area contributed by atoms with Crippen molar-refractivity contribution in [3.63, 3.8) is 0 Å². The Kier molecular flexibility index (Phi) is 4.86. The van der Waals surface area contributed by atoms with E-state index in [1.54, 1.807) is 0 Å². The van der Waals surface area contributed by atoms with E-state index >= 15 is 0 Å². The molecule has 122 valence electrons. The van der Waals surface area contributed by atoms with E-state index in [2.05, 4.69) is 4.98 Å². The van der Waals surface area contributed by atoms with Crippen LogP contribution in [0, 0.1) is 5.82 Å². The molecule has 5 nitrogen and oxygen atoms in total. The lowest BCUT2D eigenvalue weighted by atomic mass is 10.3. The smallest absolute Gasteiger partial charge is 0.261 e. The van der Waals surface area contributed by atoms with Gasteiger partial charge >= 0.3 is 0 Å². The van der Waals surface area contributed by atoms with Gasteiger partial charge in [-0.25, -0.2) is 9.37 Å². The molecule has 1 heterocycles. The van der Waals surface area contributed by atoms with Crippen LogP contribution in [-0.2, 0) is 0 Å². The summed E-state index contributed by atoms with van der Waals surface area (Å²) in [6.07, 6.45) is 1.35. The second-order valence-electron chi connectivity index (χ2n) is 4.92. The number of rotatable bonds is 6. The highest BCUT2D eigenvalue weighted by atomic mass is 19.1. The molecule has 0 radical (unpaired) electrons. The first kappa shape index (κ1) is 15.7. The molecular weight excluding hydrogens is 311 g/mol. The molecule has 3 rings (SSSR count). The van der Waals surface area contributed by atoms with Gasteiger partial charge in [0.1, 0.15) is 31.1 Å². The Morgan fingerprint density at radius 2 is 1.67 bits per heavy atom. The van der Waals surface area contributed by atoms with Crippen molar-refractivity contribution in [1.29, 1.82) is 0 Å². The van der Waals surface area contributed by atoms with Crippen LogP contribution in [0.25, 0.3) is 5.69 Å². The Morgan fingerprint density at radius 1 is 0.958 bits per heavy atom. The van der Waals surface area contributed by atoms with Crippen molar-refractivity contribution in [3.8, 4) is 17.3 Å². The summed E-state index contributed by atoms with van der Waals surface area (Å²) in [5.41, 5.74) is 0.225. The fourth-order valence-corrected chi connectivity index (χ4v) is 2.08. The van der Waals surface area contributed by atoms with Crippen molar-refractivity contribution >= 4 is 0 Å². The largest absolute Gasteiger partial charge is 0.490 e. The molecule has 0 unspecified atom stereocenters. The summed E-state index contributed by atoms with van der Waals surface area (Å²) >= 11 is 0. The van der Waals surface area contributed by atoms with Crippen LogP contribution in [0.1, 0.15) is 0 Å². The van der Waals surface area contributed by atoms with Crippen LogP contribution >= 0.6 is 0 Å². The van der Waals surface area contributed by atoms with Crippen LogP contribution in [-0.4, -0.2) is 22.8 Å². The van der Waals surface area contributed by atoms with Gasteiger partial charge in [0.2, 0.25) is 5.88 Å². The first-order chi connectivity index (χ1) is 11.7. The molecule has 0 saturated heterocycles. The molecule has 0 aliphatic rings. The van der Waals surface area contributed by atoms with E-state index in [-0.39, 0.29) is 23.9 Å². The zero-order valence-electron chi connectivity index (χ0n) is 12.8. The van der Waals surface area contributed by atoms with Crippen LogP contribution in [0.3, 0.4) is 0 Å². The number of hydrogen-bond acceptors (Lipinski definition) is 4. The maximum Gasteiger partial charge on any atom is 0.261 e. The summed E-state index contributed by atoms with van der Waals surface area (Å²) in [7, 11) is 0. The summed E-state index contributed by atoms with van der Waals surface area (Å²) in [6, 6.07) is 16.2. The zero-order chi connectivity index (χ0) is 16.8. The van der Waals surface area contributed by atoms with Gasteiger partial charge in [-0.15, -0.1) is 0 Å². The lowest BCUT2D eigenvalue weighted by molar-refractivity contribution is 0.211. The minimum absolute atomic E-state index is 0.218. The lowest BCUT2D eigenvalue weighted by Crippen LogP contribution is -2.19. The molecule has 0 bridgehead atoms. The quantitative estimate of drug-likeness (QED) is 0.654. The Labute approximate surface area is 137 Å². The van der Waals surface area contributed by atoms with Crippen LogP contribution in [0.4, 0.5) is 4.39 Å². The fourth-order valence-electron chi connectivity index (χ4n) is 2.08. The first-order valence-electron chi connectivity index (χ1n) is 7.38. The molecule has 0 fully saturated rings. The van der Waals surface area contributed by atoms with E-state index in [1.807, 2.05) is 30.3 Å². The molecule has 1 aromatic heterocycles. The van der Waals surface area contributed by atoms with Crippen LogP contribution in [0.5, 0.6) is 11.6 Å². The minimum Gasteiger partial charge on any atom is -0.490 e. The molecule has 0 saturated carbocycles. The Hall–Kier alpha value is -3.15. The Bertz CT molecular complexity index is 848. The third-order valence-electron chi connectivity index (χ3n) is 3.23. The van der Waals surface area contributed by atoms with Crippen molar-refractivity contribution in [2.75, 3.05) is 13.2 Å². The number of nitrogens with zero attached hydrogens (tertiary/aromatic N) is 2. The van der Waals surface area contributed by atoms with Gasteiger partial charge in [-0.3, -0.25) is 9.36 Å². The minimum atomic E-state index is -0.363. The van der Waals surface area contributed by atoms with Gasteiger partial charge < -0.3 is 9.47 Å². The van der Waals surface area contributed by atoms with E-state index in [4.69, 9.17) is 9.47 Å². The summed E-state index contributed by atoms with van der Waals surface area (Å²) in [5.74, 6) is 0.605. The molecule has 0 atom stereocenters. The topological polar surface area (TPSA) is 53.4 Å². The molecule has 0 amide bonds. The molecule has 2 aromatic carbocycles. The lowest BCUT2D eigenvalue weighted by Gasteiger charge is -2.09. The normalized spacial score (nSPS) is 10.4. The van der Waals surface area contributed by atoms with E-state index in [0.29, 0.717) is 12.3 Å². The fraction of sp³-hybridized carbons (Fsp3) is 0.111. The predicted molar refractivity (Wildman–Crippen MR) is 87.2 cm³/mol. The average molecular weight is 326 g/mol. The van der Waals surface area contributed by atoms with E-state index in [9.17, 15) is 9.18 Å². The first-order valence-corrected chi connectivity index (χ1v) is 7.38. The monoisotopic (exact) mass is 326 g/mol. The number of benzene rings is 2. The van der Waals surface area contributed by atoms with Crippen LogP contribution in [0.2, 0.25) is 0 Å². The van der Waals surface area contributed by atoms with Gasteiger partial charge in [-0.05, 0) is 36.4 Å². The molecule has 24 heavy (non-hydrogen) atoms. The molecule has 0 spiro atoms. The summed E-state index contributed by atoms with van der Waals surface area (Å²) in [5, 5.41) is 0. The Balaban J connectivity index is 1.58. The van der Waals surface area contributed by atoms with E-state index in [1.165, 1.54) is 41.2 Å². The summed E-state index contributed by atoms with van der Waals surface area (Å²) in [6.45, 7) is 0.606. The SMILES string of the molecule is O=c1cc(OCCOc2ccccc2)ncn1-c1ccc(F)cc1. The molecule has 0 aliphatic carbocycles. The van der Waals surface area contributed by atoms with Crippen molar-refractivity contribution < 1.29 is 13.9 Å². The number of aromatic nitrogens is 2. The molecule has 6 heteroatoms. The van der Waals surface area contributed by atoms with Crippen LogP contribution in [0.15, 0.2) is 71.8 Å². The number of halogens is 1. The molecule has 3 aromatic rings. The zero-order valence-corrected chi connectivity index (χ0v) is 12.8. The predicted octanol–water partition coefficient (Wildman–Crippen LogP) is 2.83. The molecular formula is C18H15FN2O3. The molecule has 0 N–H and O–H groups in total. The van der Waals surface area contributed by atoms with Gasteiger partial charge in [0.25, 0.3) is 5.56 Å². The van der Waals surface area contributed by atoms with Gasteiger partial charge in [0.05, 0.1) is 11.8 Å². The van der Waals surface area contributed by atoms with Crippen LogP contribution < -0.4 is 15.0 Å². The highest BCUT2D eigenvalue weighted by molar-refractivity contribution is 5.32. The standard InChI is InChI=1S/C18H15FN2O3/c19-14-6-8-15(9-7-14)21-13-20-17(12-18(21)22)24-11-10-23-16-4-2-1-3-5-16/h1-9,12-13H,10-11H2. The molecule has 0 aliphatic heterocycles. The summed E-state index contributed by atoms with van der Waals surface area (Å²) < 4.78 is 25.1. The van der Waals surface area contributed by atoms with Crippen molar-refractivity contribution in [3.05, 3.63) is 83.2 Å². The number of ether oxygens (including phenoxy) is 2.